The Morgan fingerprint density at radius 3 is 2.43 bits per heavy atom. The molecule has 1 aromatic heterocycles. The molecule has 7 nitrogen and oxygen atoms in total. The summed E-state index contributed by atoms with van der Waals surface area (Å²) in [5.74, 6) is 0.618. The highest BCUT2D eigenvalue weighted by Crippen LogP contribution is 2.26. The first kappa shape index (κ1) is 26.5. The van der Waals surface area contributed by atoms with Crippen LogP contribution in [0.15, 0.2) is 41.4 Å². The van der Waals surface area contributed by atoms with E-state index in [0.29, 0.717) is 29.9 Å². The van der Waals surface area contributed by atoms with Gasteiger partial charge >= 0.3 is 6.03 Å². The highest BCUT2D eigenvalue weighted by molar-refractivity contribution is 14.0. The van der Waals surface area contributed by atoms with Gasteiger partial charge in [0.05, 0.1) is 10.9 Å². The number of rotatable bonds is 8. The quantitative estimate of drug-likeness (QED) is 0.187. The zero-order valence-electron chi connectivity index (χ0n) is 17.2. The summed E-state index contributed by atoms with van der Waals surface area (Å²) >= 11 is 7.28. The Morgan fingerprint density at radius 2 is 1.87 bits per heavy atom. The Hall–Kier alpha value is -1.56. The molecule has 0 radical (unpaired) electrons. The highest BCUT2D eigenvalue weighted by Gasteiger charge is 2.11. The van der Waals surface area contributed by atoms with Crippen molar-refractivity contribution >= 4 is 64.6 Å². The Balaban J connectivity index is 0.00000450. The van der Waals surface area contributed by atoms with E-state index in [-0.39, 0.29) is 36.0 Å². The Morgan fingerprint density at radius 1 is 1.17 bits per heavy atom. The van der Waals surface area contributed by atoms with E-state index in [0.717, 1.165) is 16.1 Å². The lowest BCUT2D eigenvalue weighted by Crippen LogP contribution is -2.39. The summed E-state index contributed by atoms with van der Waals surface area (Å²) < 4.78 is 0.652. The first-order valence-electron chi connectivity index (χ1n) is 9.49. The molecule has 1 atom stereocenters. The van der Waals surface area contributed by atoms with Crippen LogP contribution in [0.5, 0.6) is 0 Å². The van der Waals surface area contributed by atoms with Crippen LogP contribution in [0.4, 0.5) is 10.5 Å². The number of guanidine groups is 1. The van der Waals surface area contributed by atoms with Gasteiger partial charge in [-0.1, -0.05) is 23.7 Å². The highest BCUT2D eigenvalue weighted by atomic mass is 127. The van der Waals surface area contributed by atoms with E-state index >= 15 is 0 Å². The summed E-state index contributed by atoms with van der Waals surface area (Å²) in [6.45, 7) is 7.30. The van der Waals surface area contributed by atoms with Crippen molar-refractivity contribution < 1.29 is 9.90 Å². The summed E-state index contributed by atoms with van der Waals surface area (Å²) in [5, 5.41) is 22.1. The molecule has 2 rings (SSSR count). The topological polar surface area (TPSA) is 97.8 Å². The fourth-order valence-electron chi connectivity index (χ4n) is 2.44. The number of aliphatic imine (C=N–C) groups is 1. The summed E-state index contributed by atoms with van der Waals surface area (Å²) in [4.78, 5) is 17.1. The largest absolute Gasteiger partial charge is 0.386 e. The second-order valence-electron chi connectivity index (χ2n) is 6.68. The zero-order valence-corrected chi connectivity index (χ0v) is 21.1. The number of carbonyl (C=O) groups is 1. The second kappa shape index (κ2) is 13.7. The van der Waals surface area contributed by atoms with Crippen LogP contribution in [0.2, 0.25) is 4.34 Å². The summed E-state index contributed by atoms with van der Waals surface area (Å²) in [5.41, 5.74) is 1.72. The molecule has 0 fully saturated rings. The molecule has 2 aromatic rings. The van der Waals surface area contributed by atoms with Gasteiger partial charge in [-0.05, 0) is 50.6 Å². The molecule has 5 N–H and O–H groups in total. The Labute approximate surface area is 203 Å². The molecule has 1 heterocycles. The maximum absolute atomic E-state index is 11.7. The maximum atomic E-state index is 11.7. The first-order chi connectivity index (χ1) is 13.9. The SMILES string of the molecule is CCNC(=NCc1ccc(NC(=O)NC(C)C)cc1)NCC(O)c1ccc(Cl)s1.I. The molecule has 0 aliphatic rings. The van der Waals surface area contributed by atoms with E-state index in [2.05, 4.69) is 26.3 Å². The van der Waals surface area contributed by atoms with E-state index in [9.17, 15) is 9.90 Å². The van der Waals surface area contributed by atoms with E-state index in [4.69, 9.17) is 11.6 Å². The maximum Gasteiger partial charge on any atom is 0.319 e. The van der Waals surface area contributed by atoms with Crippen molar-refractivity contribution in [3.05, 3.63) is 51.2 Å². The molecule has 0 aliphatic carbocycles. The minimum atomic E-state index is -0.654. The normalized spacial score (nSPS) is 12.1. The molecule has 10 heteroatoms. The molecule has 1 aromatic carbocycles. The third-order valence-electron chi connectivity index (χ3n) is 3.78. The number of nitrogens with one attached hydrogen (secondary N) is 4. The average Bonchev–Trinajstić information content (AvgIpc) is 3.10. The lowest BCUT2D eigenvalue weighted by atomic mass is 10.2. The van der Waals surface area contributed by atoms with Crippen molar-refractivity contribution in [2.45, 2.75) is 39.5 Å². The predicted molar refractivity (Wildman–Crippen MR) is 136 cm³/mol. The fraction of sp³-hybridized carbons (Fsp3) is 0.400. The van der Waals surface area contributed by atoms with Crippen LogP contribution in [0.1, 0.15) is 37.3 Å². The number of urea groups is 1. The minimum absolute atomic E-state index is 0. The number of carbonyl (C=O) groups excluding carboxylic acids is 1. The molecule has 2 amide bonds. The van der Waals surface area contributed by atoms with Crippen LogP contribution < -0.4 is 21.3 Å². The number of amides is 2. The molecule has 30 heavy (non-hydrogen) atoms. The molecule has 0 bridgehead atoms. The van der Waals surface area contributed by atoms with Gasteiger partial charge in [-0.2, -0.15) is 0 Å². The van der Waals surface area contributed by atoms with Crippen molar-refractivity contribution in [2.24, 2.45) is 4.99 Å². The van der Waals surface area contributed by atoms with Crippen molar-refractivity contribution in [1.29, 1.82) is 0 Å². The van der Waals surface area contributed by atoms with Crippen LogP contribution in [0.3, 0.4) is 0 Å². The number of benzene rings is 1. The zero-order chi connectivity index (χ0) is 21.2. The van der Waals surface area contributed by atoms with Gasteiger partial charge < -0.3 is 26.4 Å². The number of hydrogen-bond donors (Lipinski definition) is 5. The molecular weight excluding hydrogens is 537 g/mol. The number of hydrogen-bond acceptors (Lipinski definition) is 4. The third-order valence-corrected chi connectivity index (χ3v) is 5.11. The minimum Gasteiger partial charge on any atom is -0.386 e. The van der Waals surface area contributed by atoms with Gasteiger partial charge in [-0.3, -0.25) is 0 Å². The fourth-order valence-corrected chi connectivity index (χ4v) is 3.48. The van der Waals surface area contributed by atoms with Gasteiger partial charge in [0.15, 0.2) is 5.96 Å². The smallest absolute Gasteiger partial charge is 0.319 e. The van der Waals surface area contributed by atoms with E-state index in [1.54, 1.807) is 6.07 Å². The van der Waals surface area contributed by atoms with E-state index in [1.165, 1.54) is 11.3 Å². The van der Waals surface area contributed by atoms with Crippen molar-refractivity contribution in [3.8, 4) is 0 Å². The van der Waals surface area contributed by atoms with Crippen molar-refractivity contribution in [2.75, 3.05) is 18.4 Å². The summed E-state index contributed by atoms with van der Waals surface area (Å²) in [7, 11) is 0. The first-order valence-corrected chi connectivity index (χ1v) is 10.7. The van der Waals surface area contributed by atoms with Gasteiger partial charge in [-0.15, -0.1) is 35.3 Å². The van der Waals surface area contributed by atoms with Crippen LogP contribution in [0, 0.1) is 0 Å². The molecule has 0 spiro atoms. The molecular formula is C20H29ClIN5O2S. The Kier molecular flexibility index (Phi) is 12.1. The standard InChI is InChI=1S/C20H28ClN5O2S.HI/c1-4-22-19(24-12-16(27)17-9-10-18(21)29-17)23-11-14-5-7-15(8-6-14)26-20(28)25-13(2)3;/h5-10,13,16,27H,4,11-12H2,1-3H3,(H2,22,23,24)(H2,25,26,28);1H. The number of halogens is 2. The molecule has 0 aliphatic heterocycles. The van der Waals surface area contributed by atoms with Gasteiger partial charge in [0.2, 0.25) is 0 Å². The lowest BCUT2D eigenvalue weighted by Gasteiger charge is -2.14. The summed E-state index contributed by atoms with van der Waals surface area (Å²) in [6, 6.07) is 11.0. The van der Waals surface area contributed by atoms with Crippen molar-refractivity contribution in [3.63, 3.8) is 0 Å². The molecule has 1 unspecified atom stereocenters. The van der Waals surface area contributed by atoms with Crippen LogP contribution in [-0.2, 0) is 6.54 Å². The van der Waals surface area contributed by atoms with Crippen LogP contribution in [0.25, 0.3) is 0 Å². The average molecular weight is 566 g/mol. The van der Waals surface area contributed by atoms with Crippen LogP contribution >= 0.6 is 46.9 Å². The number of aliphatic hydroxyl groups is 1. The Bertz CT molecular complexity index is 814. The lowest BCUT2D eigenvalue weighted by molar-refractivity contribution is 0.184. The molecule has 0 saturated heterocycles. The predicted octanol–water partition coefficient (Wildman–Crippen LogP) is 4.34. The van der Waals surface area contributed by atoms with Crippen molar-refractivity contribution in [1.82, 2.24) is 16.0 Å². The van der Waals surface area contributed by atoms with Gasteiger partial charge in [0.1, 0.15) is 6.10 Å². The number of nitrogens with zero attached hydrogens (tertiary/aromatic N) is 1. The van der Waals surface area contributed by atoms with E-state index in [1.807, 2.05) is 51.1 Å². The van der Waals surface area contributed by atoms with E-state index < -0.39 is 6.10 Å². The number of aliphatic hydroxyl groups excluding tert-OH is 1. The number of thiophene rings is 1. The van der Waals surface area contributed by atoms with Gasteiger partial charge in [0, 0.05) is 29.7 Å². The van der Waals surface area contributed by atoms with Gasteiger partial charge in [0.25, 0.3) is 0 Å². The molecule has 0 saturated carbocycles. The third kappa shape index (κ3) is 9.50. The second-order valence-corrected chi connectivity index (χ2v) is 8.43. The molecule has 166 valence electrons. The number of anilines is 1. The summed E-state index contributed by atoms with van der Waals surface area (Å²) in [6.07, 6.45) is -0.654. The monoisotopic (exact) mass is 565 g/mol. The van der Waals surface area contributed by atoms with Gasteiger partial charge in [-0.25, -0.2) is 9.79 Å². The van der Waals surface area contributed by atoms with Crippen LogP contribution in [-0.4, -0.2) is 36.2 Å².